The van der Waals surface area contributed by atoms with E-state index in [0.717, 1.165) is 25.9 Å². The van der Waals surface area contributed by atoms with Crippen molar-refractivity contribution in [3.05, 3.63) is 65.6 Å². The van der Waals surface area contributed by atoms with Gasteiger partial charge in [0.25, 0.3) is 5.91 Å². The van der Waals surface area contributed by atoms with E-state index in [-0.39, 0.29) is 5.91 Å². The van der Waals surface area contributed by atoms with Crippen LogP contribution in [0.15, 0.2) is 53.2 Å². The van der Waals surface area contributed by atoms with E-state index in [9.17, 15) is 4.79 Å². The molecule has 2 saturated heterocycles. The van der Waals surface area contributed by atoms with Crippen molar-refractivity contribution in [2.45, 2.75) is 25.7 Å². The number of hydrogen-bond acceptors (Lipinski definition) is 3. The average Bonchev–Trinajstić information content (AvgIpc) is 3.51. The maximum Gasteiger partial charge on any atom is 0.289 e. The molecule has 1 aromatic carbocycles. The molecular formula is C24H28N2O2. The lowest BCUT2D eigenvalue weighted by Crippen LogP contribution is -2.29. The topological polar surface area (TPSA) is 36.7 Å². The summed E-state index contributed by atoms with van der Waals surface area (Å²) in [5.41, 5.74) is 4.17. The first kappa shape index (κ1) is 17.7. The van der Waals surface area contributed by atoms with Gasteiger partial charge < -0.3 is 14.2 Å². The molecule has 2 aliphatic heterocycles. The van der Waals surface area contributed by atoms with Crippen LogP contribution >= 0.6 is 0 Å². The molecular weight excluding hydrogens is 348 g/mol. The highest BCUT2D eigenvalue weighted by Gasteiger charge is 2.40. The highest BCUT2D eigenvalue weighted by molar-refractivity contribution is 5.92. The molecule has 0 N–H and O–H groups in total. The molecule has 28 heavy (non-hydrogen) atoms. The molecule has 0 radical (unpaired) electrons. The Balaban J connectivity index is 1.22. The number of likely N-dealkylation sites (tertiary alicyclic amines) is 2. The van der Waals surface area contributed by atoms with Crippen LogP contribution in [-0.4, -0.2) is 48.4 Å². The fraction of sp³-hybridized carbons (Fsp3) is 0.458. The number of carbonyl (C=O) groups is 1. The van der Waals surface area contributed by atoms with Gasteiger partial charge in [-0.15, -0.1) is 0 Å². The van der Waals surface area contributed by atoms with Crippen molar-refractivity contribution >= 4 is 11.5 Å². The van der Waals surface area contributed by atoms with Crippen LogP contribution in [0.3, 0.4) is 0 Å². The van der Waals surface area contributed by atoms with Gasteiger partial charge in [-0.05, 0) is 73.5 Å². The van der Waals surface area contributed by atoms with Crippen LogP contribution in [0.5, 0.6) is 0 Å². The Kier molecular flexibility index (Phi) is 4.81. The molecule has 2 atom stereocenters. The number of hydrogen-bond donors (Lipinski definition) is 0. The summed E-state index contributed by atoms with van der Waals surface area (Å²) in [6.07, 6.45) is 8.88. The van der Waals surface area contributed by atoms with Crippen LogP contribution in [0.4, 0.5) is 0 Å². The molecule has 5 rings (SSSR count). The van der Waals surface area contributed by atoms with Crippen molar-refractivity contribution in [3.63, 3.8) is 0 Å². The smallest absolute Gasteiger partial charge is 0.289 e. The zero-order valence-corrected chi connectivity index (χ0v) is 16.3. The van der Waals surface area contributed by atoms with Gasteiger partial charge in [0.2, 0.25) is 0 Å². The fourth-order valence-electron chi connectivity index (χ4n) is 5.10. The number of amides is 1. The number of fused-ring (bicyclic) bond motifs is 1. The lowest BCUT2D eigenvalue weighted by Gasteiger charge is -2.17. The Morgan fingerprint density at radius 3 is 2.64 bits per heavy atom. The van der Waals surface area contributed by atoms with Crippen LogP contribution in [-0.2, 0) is 6.42 Å². The molecule has 3 heterocycles. The van der Waals surface area contributed by atoms with Crippen LogP contribution in [0.2, 0.25) is 0 Å². The summed E-state index contributed by atoms with van der Waals surface area (Å²) in [7, 11) is 0. The summed E-state index contributed by atoms with van der Waals surface area (Å²) in [6.45, 7) is 5.34. The van der Waals surface area contributed by atoms with Crippen molar-refractivity contribution in [3.8, 4) is 0 Å². The van der Waals surface area contributed by atoms with E-state index in [4.69, 9.17) is 4.42 Å². The predicted octanol–water partition coefficient (Wildman–Crippen LogP) is 4.09. The average molecular weight is 377 g/mol. The standard InChI is InChI=1S/C24H28N2O2/c27-24(23-4-3-15-28-23)26-16-20-9-10-21(22(20)17-26)19-7-5-18(6-8-19)11-14-25-12-1-2-13-25/h3-8,10,15,20,22H,1-2,9,11-14,16-17H2. The third-order valence-corrected chi connectivity index (χ3v) is 6.70. The molecule has 0 saturated carbocycles. The predicted molar refractivity (Wildman–Crippen MR) is 110 cm³/mol. The van der Waals surface area contributed by atoms with E-state index in [1.165, 1.54) is 49.2 Å². The molecule has 1 aromatic heterocycles. The van der Waals surface area contributed by atoms with E-state index in [1.54, 1.807) is 18.4 Å². The third-order valence-electron chi connectivity index (χ3n) is 6.70. The fourth-order valence-corrected chi connectivity index (χ4v) is 5.10. The number of rotatable bonds is 5. The van der Waals surface area contributed by atoms with E-state index >= 15 is 0 Å². The second-order valence-electron chi connectivity index (χ2n) is 8.44. The molecule has 1 aliphatic carbocycles. The Hall–Kier alpha value is -2.33. The maximum absolute atomic E-state index is 12.6. The first-order valence-corrected chi connectivity index (χ1v) is 10.6. The lowest BCUT2D eigenvalue weighted by molar-refractivity contribution is 0.0753. The Morgan fingerprint density at radius 1 is 1.07 bits per heavy atom. The summed E-state index contributed by atoms with van der Waals surface area (Å²) in [5, 5.41) is 0. The summed E-state index contributed by atoms with van der Waals surface area (Å²) in [4.78, 5) is 17.2. The van der Waals surface area contributed by atoms with Gasteiger partial charge in [0.15, 0.2) is 5.76 Å². The second-order valence-corrected chi connectivity index (χ2v) is 8.44. The minimum Gasteiger partial charge on any atom is -0.459 e. The number of furan rings is 1. The highest BCUT2D eigenvalue weighted by atomic mass is 16.3. The Labute approximate surface area is 166 Å². The summed E-state index contributed by atoms with van der Waals surface area (Å²) in [6, 6.07) is 12.7. The summed E-state index contributed by atoms with van der Waals surface area (Å²) in [5.74, 6) is 1.47. The van der Waals surface area contributed by atoms with Crippen molar-refractivity contribution in [1.82, 2.24) is 9.80 Å². The largest absolute Gasteiger partial charge is 0.459 e. The highest BCUT2D eigenvalue weighted by Crippen LogP contribution is 2.43. The van der Waals surface area contributed by atoms with Gasteiger partial charge in [-0.25, -0.2) is 0 Å². The Morgan fingerprint density at radius 2 is 1.89 bits per heavy atom. The van der Waals surface area contributed by atoms with Crippen molar-refractivity contribution < 1.29 is 9.21 Å². The first-order chi connectivity index (χ1) is 13.8. The minimum absolute atomic E-state index is 0.0241. The molecule has 2 aromatic rings. The summed E-state index contributed by atoms with van der Waals surface area (Å²) >= 11 is 0. The van der Waals surface area contributed by atoms with Gasteiger partial charge in [0, 0.05) is 25.6 Å². The zero-order valence-electron chi connectivity index (χ0n) is 16.3. The van der Waals surface area contributed by atoms with Crippen molar-refractivity contribution in [2.24, 2.45) is 11.8 Å². The third kappa shape index (κ3) is 3.42. The Bertz CT molecular complexity index is 847. The maximum atomic E-state index is 12.6. The quantitative estimate of drug-likeness (QED) is 0.789. The van der Waals surface area contributed by atoms with Gasteiger partial charge in [0.1, 0.15) is 0 Å². The lowest BCUT2D eigenvalue weighted by atomic mass is 9.90. The van der Waals surface area contributed by atoms with Gasteiger partial charge in [-0.2, -0.15) is 0 Å². The van der Waals surface area contributed by atoms with Crippen molar-refractivity contribution in [2.75, 3.05) is 32.7 Å². The minimum atomic E-state index is 0.0241. The van der Waals surface area contributed by atoms with Gasteiger partial charge in [-0.1, -0.05) is 30.3 Å². The van der Waals surface area contributed by atoms with E-state index in [1.807, 2.05) is 4.90 Å². The van der Waals surface area contributed by atoms with Gasteiger partial charge in [-0.3, -0.25) is 4.79 Å². The molecule has 4 nitrogen and oxygen atoms in total. The van der Waals surface area contributed by atoms with Gasteiger partial charge >= 0.3 is 0 Å². The van der Waals surface area contributed by atoms with Crippen LogP contribution in [0.25, 0.3) is 5.57 Å². The van der Waals surface area contributed by atoms with E-state index < -0.39 is 0 Å². The molecule has 0 spiro atoms. The molecule has 1 amide bonds. The van der Waals surface area contributed by atoms with Crippen molar-refractivity contribution in [1.29, 1.82) is 0 Å². The number of benzene rings is 1. The number of allylic oxidation sites excluding steroid dienone is 1. The second kappa shape index (κ2) is 7.59. The van der Waals surface area contributed by atoms with E-state index in [0.29, 0.717) is 17.6 Å². The molecule has 2 unspecified atom stereocenters. The monoisotopic (exact) mass is 376 g/mol. The van der Waals surface area contributed by atoms with Crippen LogP contribution in [0.1, 0.15) is 40.9 Å². The SMILES string of the molecule is O=C(c1ccco1)N1CC2CC=C(c3ccc(CCN4CCCC4)cc3)C2C1. The zero-order chi connectivity index (χ0) is 18.9. The summed E-state index contributed by atoms with van der Waals surface area (Å²) < 4.78 is 5.31. The molecule has 146 valence electrons. The van der Waals surface area contributed by atoms with Crippen LogP contribution < -0.4 is 0 Å². The number of nitrogens with zero attached hydrogens (tertiary/aromatic N) is 2. The van der Waals surface area contributed by atoms with E-state index in [2.05, 4.69) is 35.2 Å². The molecule has 2 fully saturated rings. The van der Waals surface area contributed by atoms with Crippen LogP contribution in [0, 0.1) is 11.8 Å². The molecule has 4 heteroatoms. The first-order valence-electron chi connectivity index (χ1n) is 10.6. The molecule has 3 aliphatic rings. The molecule has 0 bridgehead atoms. The normalized spacial score (nSPS) is 24.6. The number of carbonyl (C=O) groups excluding carboxylic acids is 1. The van der Waals surface area contributed by atoms with Gasteiger partial charge in [0.05, 0.1) is 6.26 Å².